The van der Waals surface area contributed by atoms with Gasteiger partial charge in [0.15, 0.2) is 0 Å². The van der Waals surface area contributed by atoms with E-state index in [4.69, 9.17) is 14.6 Å². The fraction of sp³-hybridized carbons (Fsp3) is 0.143. The number of rotatable bonds is 9. The first-order valence-corrected chi connectivity index (χ1v) is 10.8. The highest BCUT2D eigenvalue weighted by Crippen LogP contribution is 2.40. The number of hydrogen-bond acceptors (Lipinski definition) is 7. The number of hydrogen-bond donors (Lipinski definition) is 1. The normalized spacial score (nSPS) is 12.1. The number of aromatic carboxylic acids is 1. The van der Waals surface area contributed by atoms with Crippen molar-refractivity contribution in [2.24, 2.45) is 0 Å². The Hall–Kier alpha value is -3.05. The Labute approximate surface area is 185 Å². The quantitative estimate of drug-likeness (QED) is 0.479. The van der Waals surface area contributed by atoms with Gasteiger partial charge in [0.1, 0.15) is 15.8 Å². The molecular weight excluding hydrogens is 440 g/mol. The summed E-state index contributed by atoms with van der Waals surface area (Å²) >= 11 is -1.49. The van der Waals surface area contributed by atoms with Crippen molar-refractivity contribution in [3.63, 3.8) is 0 Å². The molecule has 162 valence electrons. The van der Waals surface area contributed by atoms with Gasteiger partial charge in [-0.2, -0.15) is 0 Å². The second-order valence-electron chi connectivity index (χ2n) is 6.19. The molecule has 2 aromatic carbocycles. The van der Waals surface area contributed by atoms with Crippen LogP contribution in [-0.4, -0.2) is 45.6 Å². The zero-order chi connectivity index (χ0) is 22.4. The largest absolute Gasteiger partial charge is 0.755 e. The third-order valence-electron chi connectivity index (χ3n) is 4.22. The van der Waals surface area contributed by atoms with Crippen molar-refractivity contribution in [3.8, 4) is 16.3 Å². The van der Waals surface area contributed by atoms with Crippen LogP contribution >= 0.6 is 11.3 Å². The maximum absolute atomic E-state index is 12.0. The van der Waals surface area contributed by atoms with Crippen LogP contribution in [0.15, 0.2) is 54.7 Å². The maximum Gasteiger partial charge on any atom is 0.335 e. The average molecular weight is 460 g/mol. The van der Waals surface area contributed by atoms with E-state index in [1.807, 2.05) is 36.4 Å². The molecule has 0 aliphatic heterocycles. The van der Waals surface area contributed by atoms with E-state index >= 15 is 0 Å². The predicted octanol–water partition coefficient (Wildman–Crippen LogP) is 4.11. The van der Waals surface area contributed by atoms with Crippen molar-refractivity contribution in [3.05, 3.63) is 65.9 Å². The molecule has 0 aliphatic rings. The smallest absolute Gasteiger partial charge is 0.335 e. The molecule has 0 spiro atoms. The van der Waals surface area contributed by atoms with E-state index in [9.17, 15) is 13.6 Å². The number of thiazole rings is 1. The molecule has 3 rings (SSSR count). The third-order valence-corrected chi connectivity index (χ3v) is 6.06. The Kier molecular flexibility index (Phi) is 7.53. The number of benzene rings is 2. The van der Waals surface area contributed by atoms with Gasteiger partial charge in [-0.3, -0.25) is 8.51 Å². The van der Waals surface area contributed by atoms with E-state index in [0.717, 1.165) is 15.4 Å². The fourth-order valence-electron chi connectivity index (χ4n) is 2.76. The summed E-state index contributed by atoms with van der Waals surface area (Å²) in [6.45, 7) is 0.524. The summed E-state index contributed by atoms with van der Waals surface area (Å²) in [5, 5.41) is 10.1. The van der Waals surface area contributed by atoms with Crippen LogP contribution in [0.4, 0.5) is 10.7 Å². The lowest BCUT2D eigenvalue weighted by Gasteiger charge is -2.26. The van der Waals surface area contributed by atoms with Crippen LogP contribution < -0.4 is 9.04 Å². The van der Waals surface area contributed by atoms with Crippen molar-refractivity contribution < 1.29 is 28.1 Å². The number of carboxylic acid groups (broad SMARTS) is 1. The number of nitrogens with zero attached hydrogens (tertiary/aromatic N) is 2. The molecule has 0 aliphatic carbocycles. The highest BCUT2D eigenvalue weighted by atomic mass is 32.2. The van der Waals surface area contributed by atoms with Crippen molar-refractivity contribution in [1.82, 2.24) is 4.98 Å². The Morgan fingerprint density at radius 1 is 1.26 bits per heavy atom. The van der Waals surface area contributed by atoms with Gasteiger partial charge in [-0.15, -0.1) is 0 Å². The number of methoxy groups -OCH3 is 2. The third kappa shape index (κ3) is 5.36. The molecule has 0 saturated heterocycles. The number of aromatic nitrogens is 1. The second-order valence-corrected chi connectivity index (χ2v) is 8.00. The summed E-state index contributed by atoms with van der Waals surface area (Å²) in [6.07, 6.45) is 5.30. The van der Waals surface area contributed by atoms with Gasteiger partial charge < -0.3 is 19.1 Å². The molecule has 1 aromatic heterocycles. The molecular formula is C21H19N2O6S2-. The summed E-state index contributed by atoms with van der Waals surface area (Å²) in [6, 6.07) is 11.6. The molecule has 0 saturated carbocycles. The molecule has 0 fully saturated rings. The molecule has 8 nitrogen and oxygen atoms in total. The molecule has 1 atom stereocenters. The summed E-state index contributed by atoms with van der Waals surface area (Å²) in [5.41, 5.74) is 2.02. The van der Waals surface area contributed by atoms with E-state index in [-0.39, 0.29) is 17.0 Å². The van der Waals surface area contributed by atoms with Crippen LogP contribution in [0.1, 0.15) is 15.9 Å². The second kappa shape index (κ2) is 10.3. The lowest BCUT2D eigenvalue weighted by atomic mass is 10.1. The van der Waals surface area contributed by atoms with Gasteiger partial charge in [0.05, 0.1) is 42.4 Å². The molecule has 0 amide bonds. The van der Waals surface area contributed by atoms with Gasteiger partial charge in [0.25, 0.3) is 0 Å². The van der Waals surface area contributed by atoms with Gasteiger partial charge in [0.2, 0.25) is 0 Å². The first-order valence-electron chi connectivity index (χ1n) is 8.97. The van der Waals surface area contributed by atoms with E-state index < -0.39 is 17.2 Å². The number of carbonyl (C=O) groups is 1. The van der Waals surface area contributed by atoms with Gasteiger partial charge in [0, 0.05) is 12.7 Å². The van der Waals surface area contributed by atoms with Gasteiger partial charge >= 0.3 is 5.97 Å². The highest BCUT2D eigenvalue weighted by Gasteiger charge is 2.20. The molecule has 0 bridgehead atoms. The van der Waals surface area contributed by atoms with Crippen molar-refractivity contribution in [1.29, 1.82) is 0 Å². The van der Waals surface area contributed by atoms with Gasteiger partial charge in [-0.05, 0) is 23.8 Å². The SMILES string of the molecule is COC/C=C/c1ccc(-c2ncc(N(c3ccc(C(=O)O)cc3OC)S(=O)[O-])s2)cc1. The summed E-state index contributed by atoms with van der Waals surface area (Å²) < 4.78 is 35.3. The number of ether oxygens (including phenoxy) is 2. The number of carboxylic acids is 1. The van der Waals surface area contributed by atoms with Crippen molar-refractivity contribution in [2.45, 2.75) is 0 Å². The first kappa shape index (κ1) is 22.6. The highest BCUT2D eigenvalue weighted by molar-refractivity contribution is 7.81. The zero-order valence-electron chi connectivity index (χ0n) is 16.7. The van der Waals surface area contributed by atoms with Crippen LogP contribution in [0.2, 0.25) is 0 Å². The molecule has 3 aromatic rings. The van der Waals surface area contributed by atoms with E-state index in [0.29, 0.717) is 16.6 Å². The van der Waals surface area contributed by atoms with Crippen LogP contribution in [-0.2, 0) is 16.0 Å². The molecule has 0 radical (unpaired) electrons. The lowest BCUT2D eigenvalue weighted by Crippen LogP contribution is -2.19. The Balaban J connectivity index is 1.92. The predicted molar refractivity (Wildman–Crippen MR) is 119 cm³/mol. The van der Waals surface area contributed by atoms with E-state index in [1.54, 1.807) is 7.11 Å². The standard InChI is InChI=1S/C21H20N2O6S2/c1-28-11-3-4-14-5-7-15(8-6-14)20-22-13-19(30-20)23(31(26)27)17-10-9-16(21(24)25)12-18(17)29-2/h3-10,12-13H,11H2,1-2H3,(H,24,25)(H,26,27)/p-1/b4-3+. The van der Waals surface area contributed by atoms with E-state index in [2.05, 4.69) is 4.98 Å². The summed E-state index contributed by atoms with van der Waals surface area (Å²) in [4.78, 5) is 15.6. The van der Waals surface area contributed by atoms with Gasteiger partial charge in [-0.1, -0.05) is 47.8 Å². The van der Waals surface area contributed by atoms with Crippen LogP contribution in [0.3, 0.4) is 0 Å². The Morgan fingerprint density at radius 2 is 2.00 bits per heavy atom. The Morgan fingerprint density at radius 3 is 2.61 bits per heavy atom. The van der Waals surface area contributed by atoms with Crippen LogP contribution in [0.5, 0.6) is 5.75 Å². The van der Waals surface area contributed by atoms with Gasteiger partial charge in [-0.25, -0.2) is 9.78 Å². The molecule has 1 N–H and O–H groups in total. The summed E-state index contributed by atoms with van der Waals surface area (Å²) in [5.74, 6) is -1.02. The minimum Gasteiger partial charge on any atom is -0.755 e. The topological polar surface area (TPSA) is 112 Å². The van der Waals surface area contributed by atoms with Crippen molar-refractivity contribution >= 4 is 45.3 Å². The lowest BCUT2D eigenvalue weighted by molar-refractivity contribution is 0.0696. The summed E-state index contributed by atoms with van der Waals surface area (Å²) in [7, 11) is 2.97. The van der Waals surface area contributed by atoms with Crippen LogP contribution in [0, 0.1) is 0 Å². The molecule has 1 heterocycles. The minimum atomic E-state index is -2.68. The van der Waals surface area contributed by atoms with Crippen molar-refractivity contribution in [2.75, 3.05) is 25.1 Å². The fourth-order valence-corrected chi connectivity index (χ4v) is 4.41. The molecule has 1 unspecified atom stereocenters. The Bertz CT molecular complexity index is 1110. The minimum absolute atomic E-state index is 0.0122. The molecule has 10 heteroatoms. The monoisotopic (exact) mass is 459 g/mol. The first-order chi connectivity index (χ1) is 14.9. The molecule has 31 heavy (non-hydrogen) atoms. The zero-order valence-corrected chi connectivity index (χ0v) is 18.3. The van der Waals surface area contributed by atoms with Crippen LogP contribution in [0.25, 0.3) is 16.6 Å². The maximum atomic E-state index is 12.0. The van der Waals surface area contributed by atoms with E-state index in [1.165, 1.54) is 42.8 Å². The number of anilines is 2. The average Bonchev–Trinajstić information content (AvgIpc) is 3.24.